The summed E-state index contributed by atoms with van der Waals surface area (Å²) in [6, 6.07) is 7.12. The molecule has 4 aliphatic carbocycles. The minimum Gasteiger partial charge on any atom is -0.332 e. The van der Waals surface area contributed by atoms with Crippen LogP contribution in [-0.2, 0) is 4.79 Å². The van der Waals surface area contributed by atoms with Crippen molar-refractivity contribution in [1.82, 2.24) is 16.0 Å². The summed E-state index contributed by atoms with van der Waals surface area (Å²) in [7, 11) is 0. The van der Waals surface area contributed by atoms with E-state index in [0.29, 0.717) is 5.02 Å². The average molecular weight is 390 g/mol. The number of carbonyl (C=O) groups is 2. The van der Waals surface area contributed by atoms with E-state index in [1.165, 1.54) is 19.3 Å². The van der Waals surface area contributed by atoms with Crippen LogP contribution in [-0.4, -0.2) is 24.0 Å². The van der Waals surface area contributed by atoms with Gasteiger partial charge in [-0.2, -0.15) is 0 Å². The van der Waals surface area contributed by atoms with Gasteiger partial charge in [-0.25, -0.2) is 4.79 Å². The zero-order valence-electron chi connectivity index (χ0n) is 15.8. The molecule has 1 aromatic carbocycles. The van der Waals surface area contributed by atoms with Crippen LogP contribution in [0.4, 0.5) is 4.79 Å². The van der Waals surface area contributed by atoms with Crippen molar-refractivity contribution in [3.63, 3.8) is 0 Å². The van der Waals surface area contributed by atoms with E-state index in [9.17, 15) is 9.59 Å². The standard InChI is InChI=1S/C21H28ClN3O2/c1-13(17-4-2-3-5-18(17)22)23-12-19(26)24-20(27)25-21-9-14-6-15(10-21)8-16(7-14)11-21/h2-5,13-16,23H,6-12H2,1H3,(H2,24,25,26,27)/t13-,14?,15?,16?,21?/m1/s1. The molecule has 0 radical (unpaired) electrons. The van der Waals surface area contributed by atoms with E-state index in [0.717, 1.165) is 42.6 Å². The molecule has 0 aliphatic heterocycles. The van der Waals surface area contributed by atoms with Gasteiger partial charge in [0.1, 0.15) is 0 Å². The summed E-state index contributed by atoms with van der Waals surface area (Å²) in [5, 5.41) is 9.45. The first-order chi connectivity index (χ1) is 12.9. The Morgan fingerprint density at radius 1 is 1.11 bits per heavy atom. The number of urea groups is 1. The van der Waals surface area contributed by atoms with Crippen LogP contribution in [0.25, 0.3) is 0 Å². The van der Waals surface area contributed by atoms with Gasteiger partial charge in [-0.1, -0.05) is 29.8 Å². The van der Waals surface area contributed by atoms with E-state index in [2.05, 4.69) is 16.0 Å². The van der Waals surface area contributed by atoms with Crippen molar-refractivity contribution >= 4 is 23.5 Å². The Kier molecular flexibility index (Phi) is 5.17. The number of halogens is 1. The van der Waals surface area contributed by atoms with E-state index in [1.807, 2.05) is 31.2 Å². The van der Waals surface area contributed by atoms with Gasteiger partial charge in [-0.15, -0.1) is 0 Å². The number of benzene rings is 1. The first-order valence-electron chi connectivity index (χ1n) is 10.0. The summed E-state index contributed by atoms with van der Waals surface area (Å²) in [6.45, 7) is 2.02. The first kappa shape index (κ1) is 18.8. The second-order valence-electron chi connectivity index (χ2n) is 8.82. The molecule has 0 saturated heterocycles. The van der Waals surface area contributed by atoms with Gasteiger partial charge in [0.15, 0.2) is 0 Å². The van der Waals surface area contributed by atoms with Crippen LogP contribution in [0.3, 0.4) is 0 Å². The SMILES string of the molecule is C[C@@H](NCC(=O)NC(=O)NC12CC3CC(CC(C3)C1)C2)c1ccccc1Cl. The fraction of sp³-hybridized carbons (Fsp3) is 0.619. The fourth-order valence-electron chi connectivity index (χ4n) is 5.89. The second kappa shape index (κ2) is 7.44. The maximum Gasteiger partial charge on any atom is 0.321 e. The molecule has 0 heterocycles. The van der Waals surface area contributed by atoms with Crippen LogP contribution >= 0.6 is 11.6 Å². The number of carbonyl (C=O) groups excluding carboxylic acids is 2. The quantitative estimate of drug-likeness (QED) is 0.717. The predicted octanol–water partition coefficient (Wildman–Crippen LogP) is 3.79. The minimum absolute atomic E-state index is 0.0701. The molecule has 0 spiro atoms. The topological polar surface area (TPSA) is 70.2 Å². The lowest BCUT2D eigenvalue weighted by Crippen LogP contribution is -2.62. The number of nitrogens with one attached hydrogen (secondary N) is 3. The van der Waals surface area contributed by atoms with Crippen molar-refractivity contribution < 1.29 is 9.59 Å². The summed E-state index contributed by atoms with van der Waals surface area (Å²) < 4.78 is 0. The molecule has 146 valence electrons. The molecule has 4 fully saturated rings. The highest BCUT2D eigenvalue weighted by molar-refractivity contribution is 6.31. The highest BCUT2D eigenvalue weighted by atomic mass is 35.5. The molecule has 4 aliphatic rings. The van der Waals surface area contributed by atoms with Gasteiger partial charge >= 0.3 is 6.03 Å². The predicted molar refractivity (Wildman–Crippen MR) is 105 cm³/mol. The zero-order chi connectivity index (χ0) is 19.0. The molecular formula is C21H28ClN3O2. The lowest BCUT2D eigenvalue weighted by molar-refractivity contribution is -0.119. The number of hydrogen-bond donors (Lipinski definition) is 3. The smallest absolute Gasteiger partial charge is 0.321 e. The third-order valence-corrected chi connectivity index (χ3v) is 6.95. The minimum atomic E-state index is -0.353. The van der Waals surface area contributed by atoms with E-state index < -0.39 is 0 Å². The number of rotatable bonds is 5. The normalized spacial score (nSPS) is 32.1. The van der Waals surface area contributed by atoms with Crippen LogP contribution in [0.5, 0.6) is 0 Å². The van der Waals surface area contributed by atoms with Gasteiger partial charge in [0, 0.05) is 16.6 Å². The number of amides is 3. The molecule has 4 saturated carbocycles. The van der Waals surface area contributed by atoms with Crippen LogP contribution in [0.15, 0.2) is 24.3 Å². The molecule has 6 heteroatoms. The summed E-state index contributed by atoms with van der Waals surface area (Å²) in [4.78, 5) is 24.6. The highest BCUT2D eigenvalue weighted by Crippen LogP contribution is 2.55. The van der Waals surface area contributed by atoms with Gasteiger partial charge in [-0.3, -0.25) is 10.1 Å². The Morgan fingerprint density at radius 3 is 2.30 bits per heavy atom. The van der Waals surface area contributed by atoms with Gasteiger partial charge < -0.3 is 10.6 Å². The first-order valence-corrected chi connectivity index (χ1v) is 10.4. The van der Waals surface area contributed by atoms with E-state index in [1.54, 1.807) is 0 Å². The molecule has 1 aromatic rings. The zero-order valence-corrected chi connectivity index (χ0v) is 16.5. The molecule has 3 amide bonds. The molecule has 0 aromatic heterocycles. The lowest BCUT2D eigenvalue weighted by atomic mass is 9.53. The molecular weight excluding hydrogens is 362 g/mol. The Morgan fingerprint density at radius 2 is 1.70 bits per heavy atom. The Balaban J connectivity index is 1.26. The Hall–Kier alpha value is -1.59. The van der Waals surface area contributed by atoms with Crippen LogP contribution < -0.4 is 16.0 Å². The van der Waals surface area contributed by atoms with Crippen molar-refractivity contribution in [2.45, 2.75) is 57.0 Å². The third-order valence-electron chi connectivity index (χ3n) is 6.61. The monoisotopic (exact) mass is 389 g/mol. The molecule has 0 unspecified atom stereocenters. The van der Waals surface area contributed by atoms with E-state index in [4.69, 9.17) is 11.6 Å². The Bertz CT molecular complexity index is 701. The molecule has 27 heavy (non-hydrogen) atoms. The summed E-state index contributed by atoms with van der Waals surface area (Å²) in [5.41, 5.74) is 0.849. The average Bonchev–Trinajstić information content (AvgIpc) is 2.58. The van der Waals surface area contributed by atoms with Gasteiger partial charge in [0.2, 0.25) is 5.91 Å². The van der Waals surface area contributed by atoms with Gasteiger partial charge in [0.05, 0.1) is 6.54 Å². The molecule has 4 bridgehead atoms. The second-order valence-corrected chi connectivity index (χ2v) is 9.23. The van der Waals surface area contributed by atoms with Crippen molar-refractivity contribution in [3.8, 4) is 0 Å². The number of hydrogen-bond acceptors (Lipinski definition) is 3. The maximum atomic E-state index is 12.4. The van der Waals surface area contributed by atoms with E-state index >= 15 is 0 Å². The molecule has 5 rings (SSSR count). The summed E-state index contributed by atoms with van der Waals surface area (Å²) in [6.07, 6.45) is 7.19. The van der Waals surface area contributed by atoms with Crippen molar-refractivity contribution in [2.24, 2.45) is 17.8 Å². The number of imide groups is 1. The van der Waals surface area contributed by atoms with Gasteiger partial charge in [-0.05, 0) is 74.8 Å². The summed E-state index contributed by atoms with van der Waals surface area (Å²) >= 11 is 6.19. The largest absolute Gasteiger partial charge is 0.332 e. The van der Waals surface area contributed by atoms with Gasteiger partial charge in [0.25, 0.3) is 0 Å². The summed E-state index contributed by atoms with van der Waals surface area (Å²) in [5.74, 6) is 1.94. The fourth-order valence-corrected chi connectivity index (χ4v) is 6.19. The molecule has 3 N–H and O–H groups in total. The van der Waals surface area contributed by atoms with Crippen LogP contribution in [0.1, 0.15) is 57.1 Å². The lowest BCUT2D eigenvalue weighted by Gasteiger charge is -2.56. The van der Waals surface area contributed by atoms with Crippen LogP contribution in [0, 0.1) is 17.8 Å². The Labute approximate surface area is 165 Å². The highest BCUT2D eigenvalue weighted by Gasteiger charge is 2.51. The van der Waals surface area contributed by atoms with Crippen molar-refractivity contribution in [2.75, 3.05) is 6.54 Å². The molecule has 1 atom stereocenters. The van der Waals surface area contributed by atoms with Crippen molar-refractivity contribution in [1.29, 1.82) is 0 Å². The molecule has 5 nitrogen and oxygen atoms in total. The van der Waals surface area contributed by atoms with Crippen molar-refractivity contribution in [3.05, 3.63) is 34.9 Å². The van der Waals surface area contributed by atoms with E-state index in [-0.39, 0.29) is 30.1 Å². The maximum absolute atomic E-state index is 12.4. The third kappa shape index (κ3) is 4.14. The van der Waals surface area contributed by atoms with Crippen LogP contribution in [0.2, 0.25) is 5.02 Å².